The molecule has 1 aliphatic rings. The normalized spacial score (nSPS) is 17.1. The van der Waals surface area contributed by atoms with Crippen LogP contribution in [-0.2, 0) is 6.42 Å². The highest BCUT2D eigenvalue weighted by Crippen LogP contribution is 2.42. The molecule has 2 aromatic rings. The quantitative estimate of drug-likeness (QED) is 0.912. The zero-order valence-corrected chi connectivity index (χ0v) is 10.8. The Morgan fingerprint density at radius 1 is 1.26 bits per heavy atom. The summed E-state index contributed by atoms with van der Waals surface area (Å²) in [6, 6.07) is 10.2. The van der Waals surface area contributed by atoms with Crippen molar-refractivity contribution in [1.82, 2.24) is 0 Å². The summed E-state index contributed by atoms with van der Waals surface area (Å²) < 4.78 is 19.8. The van der Waals surface area contributed by atoms with E-state index in [9.17, 15) is 9.50 Å². The highest BCUT2D eigenvalue weighted by atomic mass is 35.5. The average Bonchev–Trinajstić information content (AvgIpc) is 2.83. The van der Waals surface area contributed by atoms with E-state index >= 15 is 0 Å². The van der Waals surface area contributed by atoms with Crippen LogP contribution >= 0.6 is 11.6 Å². The molecule has 2 aromatic carbocycles. The van der Waals surface area contributed by atoms with Crippen LogP contribution in [0.15, 0.2) is 36.4 Å². The Kier molecular flexibility index (Phi) is 3.17. The van der Waals surface area contributed by atoms with Crippen molar-refractivity contribution in [3.8, 4) is 16.9 Å². The molecule has 0 bridgehead atoms. The number of fused-ring (bicyclic) bond motifs is 1. The molecule has 19 heavy (non-hydrogen) atoms. The number of rotatable bonds is 2. The molecule has 0 spiro atoms. The molecule has 0 aliphatic carbocycles. The van der Waals surface area contributed by atoms with Gasteiger partial charge < -0.3 is 9.84 Å². The zero-order chi connectivity index (χ0) is 13.4. The Labute approximate surface area is 115 Å². The molecule has 2 nitrogen and oxygen atoms in total. The molecule has 0 unspecified atom stereocenters. The Bertz CT molecular complexity index is 628. The Hall–Kier alpha value is -1.58. The van der Waals surface area contributed by atoms with Crippen LogP contribution in [0.4, 0.5) is 4.39 Å². The number of halogens is 2. The summed E-state index contributed by atoms with van der Waals surface area (Å²) in [4.78, 5) is 0. The maximum atomic E-state index is 14.1. The predicted molar refractivity (Wildman–Crippen MR) is 72.1 cm³/mol. The number of aliphatic hydroxyl groups is 1. The van der Waals surface area contributed by atoms with Gasteiger partial charge in [-0.15, -0.1) is 0 Å². The lowest BCUT2D eigenvalue weighted by molar-refractivity contribution is 0.135. The molecule has 0 saturated carbocycles. The topological polar surface area (TPSA) is 29.5 Å². The van der Waals surface area contributed by atoms with E-state index in [0.717, 1.165) is 5.56 Å². The number of hydrogen-bond acceptors (Lipinski definition) is 2. The molecule has 1 heterocycles. The molecular weight excluding hydrogens is 267 g/mol. The molecule has 1 atom stereocenters. The second-order valence-electron chi connectivity index (χ2n) is 4.52. The maximum absolute atomic E-state index is 14.1. The van der Waals surface area contributed by atoms with Crippen LogP contribution in [0.3, 0.4) is 0 Å². The third kappa shape index (κ3) is 2.09. The first-order valence-electron chi connectivity index (χ1n) is 6.04. The summed E-state index contributed by atoms with van der Waals surface area (Å²) in [6.45, 7) is -0.0851. The van der Waals surface area contributed by atoms with Crippen molar-refractivity contribution in [1.29, 1.82) is 0 Å². The van der Waals surface area contributed by atoms with Crippen molar-refractivity contribution >= 4 is 11.6 Å². The lowest BCUT2D eigenvalue weighted by Gasteiger charge is -2.12. The Morgan fingerprint density at radius 2 is 2.05 bits per heavy atom. The summed E-state index contributed by atoms with van der Waals surface area (Å²) in [7, 11) is 0. The predicted octanol–water partition coefficient (Wildman–Crippen LogP) is 3.44. The van der Waals surface area contributed by atoms with Crippen LogP contribution in [0.25, 0.3) is 11.1 Å². The van der Waals surface area contributed by atoms with Crippen LogP contribution < -0.4 is 4.74 Å². The molecule has 0 radical (unpaired) electrons. The first-order chi connectivity index (χ1) is 9.20. The average molecular weight is 279 g/mol. The molecule has 98 valence electrons. The second kappa shape index (κ2) is 4.83. The van der Waals surface area contributed by atoms with Gasteiger partial charge in [-0.2, -0.15) is 0 Å². The van der Waals surface area contributed by atoms with Crippen LogP contribution in [0, 0.1) is 5.82 Å². The van der Waals surface area contributed by atoms with E-state index in [1.165, 1.54) is 6.07 Å². The minimum Gasteiger partial charge on any atom is -0.487 e. The molecule has 1 N–H and O–H groups in total. The SMILES string of the molecule is OC[C@H]1Cc2ccc(F)c(-c3ccccc3Cl)c2O1. The smallest absolute Gasteiger partial charge is 0.134 e. The number of benzene rings is 2. The van der Waals surface area contributed by atoms with E-state index in [0.29, 0.717) is 28.3 Å². The number of hydrogen-bond donors (Lipinski definition) is 1. The monoisotopic (exact) mass is 278 g/mol. The summed E-state index contributed by atoms with van der Waals surface area (Å²) in [5.74, 6) is 0.123. The van der Waals surface area contributed by atoms with E-state index in [1.807, 2.05) is 0 Å². The standard InChI is InChI=1S/C15H12ClFO2/c16-12-4-2-1-3-11(12)14-13(17)6-5-9-7-10(8-18)19-15(9)14/h1-6,10,18H,7-8H2/t10-/m1/s1. The lowest BCUT2D eigenvalue weighted by Crippen LogP contribution is -2.17. The van der Waals surface area contributed by atoms with Crippen molar-refractivity contribution in [3.05, 3.63) is 52.8 Å². The molecule has 0 aromatic heterocycles. The van der Waals surface area contributed by atoms with Gasteiger partial charge in [0.1, 0.15) is 17.7 Å². The van der Waals surface area contributed by atoms with E-state index in [4.69, 9.17) is 16.3 Å². The minimum atomic E-state index is -0.370. The molecule has 3 rings (SSSR count). The Morgan fingerprint density at radius 3 is 2.79 bits per heavy atom. The van der Waals surface area contributed by atoms with E-state index in [-0.39, 0.29) is 18.5 Å². The third-order valence-electron chi connectivity index (χ3n) is 3.27. The van der Waals surface area contributed by atoms with E-state index in [2.05, 4.69) is 0 Å². The highest BCUT2D eigenvalue weighted by Gasteiger charge is 2.28. The summed E-state index contributed by atoms with van der Waals surface area (Å²) in [6.07, 6.45) is 0.279. The van der Waals surface area contributed by atoms with Crippen LogP contribution in [0.5, 0.6) is 5.75 Å². The molecule has 0 amide bonds. The van der Waals surface area contributed by atoms with E-state index in [1.54, 1.807) is 30.3 Å². The molecule has 0 fully saturated rings. The van der Waals surface area contributed by atoms with Crippen molar-refractivity contribution < 1.29 is 14.2 Å². The first-order valence-corrected chi connectivity index (χ1v) is 6.42. The van der Waals surface area contributed by atoms with Crippen LogP contribution in [0.1, 0.15) is 5.56 Å². The van der Waals surface area contributed by atoms with Gasteiger partial charge in [0, 0.05) is 17.0 Å². The van der Waals surface area contributed by atoms with Gasteiger partial charge in [0.2, 0.25) is 0 Å². The fourth-order valence-electron chi connectivity index (χ4n) is 2.37. The first kappa shape index (κ1) is 12.5. The number of aliphatic hydroxyl groups excluding tert-OH is 1. The molecule has 1 aliphatic heterocycles. The summed E-state index contributed by atoms with van der Waals surface area (Å²) in [5, 5.41) is 9.66. The van der Waals surface area contributed by atoms with Gasteiger partial charge in [-0.1, -0.05) is 35.9 Å². The van der Waals surface area contributed by atoms with Crippen LogP contribution in [-0.4, -0.2) is 17.8 Å². The largest absolute Gasteiger partial charge is 0.487 e. The minimum absolute atomic E-state index is 0.0851. The van der Waals surface area contributed by atoms with Gasteiger partial charge in [0.15, 0.2) is 0 Å². The molecular formula is C15H12ClFO2. The van der Waals surface area contributed by atoms with Gasteiger partial charge in [0.25, 0.3) is 0 Å². The van der Waals surface area contributed by atoms with E-state index < -0.39 is 0 Å². The second-order valence-corrected chi connectivity index (χ2v) is 4.92. The van der Waals surface area contributed by atoms with Crippen molar-refractivity contribution in [3.63, 3.8) is 0 Å². The summed E-state index contributed by atoms with van der Waals surface area (Å²) in [5.41, 5.74) is 1.88. The third-order valence-corrected chi connectivity index (χ3v) is 3.60. The van der Waals surface area contributed by atoms with Crippen molar-refractivity contribution in [2.45, 2.75) is 12.5 Å². The zero-order valence-electron chi connectivity index (χ0n) is 10.1. The maximum Gasteiger partial charge on any atom is 0.134 e. The van der Waals surface area contributed by atoms with Crippen molar-refractivity contribution in [2.75, 3.05) is 6.61 Å². The number of ether oxygens (including phenoxy) is 1. The lowest BCUT2D eigenvalue weighted by atomic mass is 10.00. The molecule has 0 saturated heterocycles. The van der Waals surface area contributed by atoms with Gasteiger partial charge in [0.05, 0.1) is 12.2 Å². The summed E-state index contributed by atoms with van der Waals surface area (Å²) >= 11 is 6.13. The Balaban J connectivity index is 2.18. The van der Waals surface area contributed by atoms with Gasteiger partial charge in [-0.05, 0) is 17.7 Å². The van der Waals surface area contributed by atoms with Gasteiger partial charge >= 0.3 is 0 Å². The van der Waals surface area contributed by atoms with Gasteiger partial charge in [-0.3, -0.25) is 0 Å². The van der Waals surface area contributed by atoms with Gasteiger partial charge in [-0.25, -0.2) is 4.39 Å². The van der Waals surface area contributed by atoms with Crippen LogP contribution in [0.2, 0.25) is 5.02 Å². The molecule has 4 heteroatoms. The fraction of sp³-hybridized carbons (Fsp3) is 0.200. The highest BCUT2D eigenvalue weighted by molar-refractivity contribution is 6.33. The fourth-order valence-corrected chi connectivity index (χ4v) is 2.60. The van der Waals surface area contributed by atoms with Crippen molar-refractivity contribution in [2.24, 2.45) is 0 Å².